The molecule has 3 nitrogen and oxygen atoms in total. The average Bonchev–Trinajstić information content (AvgIpc) is 2.45. The van der Waals surface area contributed by atoms with Crippen molar-refractivity contribution in [1.29, 1.82) is 0 Å². The zero-order chi connectivity index (χ0) is 12.6. The standard InChI is InChI=1S/C15H18N2O/c1-18-15-9-5-8-14(17-15)12-16-11-10-13-6-3-2-4-7-13/h2-9,16H,10-12H2,1H3. The van der Waals surface area contributed by atoms with Crippen molar-refractivity contribution in [3.05, 3.63) is 59.8 Å². The first-order valence-corrected chi connectivity index (χ1v) is 6.13. The third kappa shape index (κ3) is 3.86. The molecule has 94 valence electrons. The first-order chi connectivity index (χ1) is 8.88. The highest BCUT2D eigenvalue weighted by Gasteiger charge is 1.97. The molecule has 0 aliphatic carbocycles. The van der Waals surface area contributed by atoms with E-state index in [2.05, 4.69) is 34.6 Å². The van der Waals surface area contributed by atoms with Crippen molar-refractivity contribution in [2.75, 3.05) is 13.7 Å². The molecule has 1 heterocycles. The molecule has 18 heavy (non-hydrogen) atoms. The van der Waals surface area contributed by atoms with Gasteiger partial charge in [0.25, 0.3) is 0 Å². The van der Waals surface area contributed by atoms with E-state index in [9.17, 15) is 0 Å². The minimum atomic E-state index is 0.664. The van der Waals surface area contributed by atoms with Crippen LogP contribution in [-0.2, 0) is 13.0 Å². The van der Waals surface area contributed by atoms with Crippen molar-refractivity contribution >= 4 is 0 Å². The van der Waals surface area contributed by atoms with Gasteiger partial charge in [0, 0.05) is 12.6 Å². The number of nitrogens with one attached hydrogen (secondary N) is 1. The number of hydrogen-bond acceptors (Lipinski definition) is 3. The Bertz CT molecular complexity index is 471. The maximum atomic E-state index is 5.09. The van der Waals surface area contributed by atoms with Crippen LogP contribution in [-0.4, -0.2) is 18.6 Å². The Morgan fingerprint density at radius 2 is 1.89 bits per heavy atom. The zero-order valence-corrected chi connectivity index (χ0v) is 10.6. The van der Waals surface area contributed by atoms with E-state index >= 15 is 0 Å². The number of nitrogens with zero attached hydrogens (tertiary/aromatic N) is 1. The van der Waals surface area contributed by atoms with Crippen molar-refractivity contribution in [1.82, 2.24) is 10.3 Å². The predicted molar refractivity (Wildman–Crippen MR) is 72.6 cm³/mol. The summed E-state index contributed by atoms with van der Waals surface area (Å²) in [6, 6.07) is 16.3. The topological polar surface area (TPSA) is 34.1 Å². The maximum Gasteiger partial charge on any atom is 0.213 e. The number of rotatable bonds is 6. The fourth-order valence-electron chi connectivity index (χ4n) is 1.76. The number of aromatic nitrogens is 1. The lowest BCUT2D eigenvalue weighted by Crippen LogP contribution is -2.17. The first kappa shape index (κ1) is 12.6. The van der Waals surface area contributed by atoms with Crippen molar-refractivity contribution in [2.45, 2.75) is 13.0 Å². The van der Waals surface area contributed by atoms with Gasteiger partial charge in [0.15, 0.2) is 0 Å². The molecule has 1 N–H and O–H groups in total. The second kappa shape index (κ2) is 6.77. The lowest BCUT2D eigenvalue weighted by molar-refractivity contribution is 0.395. The molecule has 0 saturated heterocycles. The quantitative estimate of drug-likeness (QED) is 0.790. The Labute approximate surface area is 108 Å². The molecular weight excluding hydrogens is 224 g/mol. The number of ether oxygens (including phenoxy) is 1. The van der Waals surface area contributed by atoms with E-state index in [1.807, 2.05) is 24.3 Å². The van der Waals surface area contributed by atoms with Gasteiger partial charge in [0.05, 0.1) is 12.8 Å². The van der Waals surface area contributed by atoms with E-state index in [0.717, 1.165) is 25.2 Å². The van der Waals surface area contributed by atoms with Crippen molar-refractivity contribution in [2.24, 2.45) is 0 Å². The largest absolute Gasteiger partial charge is 0.481 e. The van der Waals surface area contributed by atoms with Crippen LogP contribution in [0.15, 0.2) is 48.5 Å². The Balaban J connectivity index is 1.75. The summed E-state index contributed by atoms with van der Waals surface area (Å²) in [6.07, 6.45) is 1.03. The highest BCUT2D eigenvalue weighted by Crippen LogP contribution is 2.06. The summed E-state index contributed by atoms with van der Waals surface area (Å²) in [5.74, 6) is 0.664. The van der Waals surface area contributed by atoms with E-state index in [4.69, 9.17) is 4.74 Å². The van der Waals surface area contributed by atoms with Gasteiger partial charge in [-0.05, 0) is 24.6 Å². The lowest BCUT2D eigenvalue weighted by atomic mass is 10.1. The first-order valence-electron chi connectivity index (χ1n) is 6.13. The fraction of sp³-hybridized carbons (Fsp3) is 0.267. The number of pyridine rings is 1. The highest BCUT2D eigenvalue weighted by atomic mass is 16.5. The van der Waals surface area contributed by atoms with Crippen LogP contribution in [0.25, 0.3) is 0 Å². The summed E-state index contributed by atoms with van der Waals surface area (Å²) in [4.78, 5) is 4.35. The van der Waals surface area contributed by atoms with Gasteiger partial charge in [-0.2, -0.15) is 0 Å². The lowest BCUT2D eigenvalue weighted by Gasteiger charge is -2.06. The van der Waals surface area contributed by atoms with Gasteiger partial charge in [-0.15, -0.1) is 0 Å². The van der Waals surface area contributed by atoms with Crippen molar-refractivity contribution < 1.29 is 4.74 Å². The van der Waals surface area contributed by atoms with Gasteiger partial charge in [0.2, 0.25) is 5.88 Å². The minimum Gasteiger partial charge on any atom is -0.481 e. The van der Waals surface area contributed by atoms with E-state index in [-0.39, 0.29) is 0 Å². The predicted octanol–water partition coefficient (Wildman–Crippen LogP) is 2.42. The van der Waals surface area contributed by atoms with Gasteiger partial charge in [0.1, 0.15) is 0 Å². The number of hydrogen-bond donors (Lipinski definition) is 1. The molecule has 0 fully saturated rings. The Morgan fingerprint density at radius 1 is 1.06 bits per heavy atom. The molecule has 1 aromatic carbocycles. The van der Waals surface area contributed by atoms with Crippen LogP contribution >= 0.6 is 0 Å². The molecule has 0 spiro atoms. The van der Waals surface area contributed by atoms with E-state index in [0.29, 0.717) is 5.88 Å². The molecule has 2 aromatic rings. The van der Waals surface area contributed by atoms with Crippen LogP contribution < -0.4 is 10.1 Å². The summed E-state index contributed by atoms with van der Waals surface area (Å²) in [5, 5.41) is 3.38. The summed E-state index contributed by atoms with van der Waals surface area (Å²) in [7, 11) is 1.63. The highest BCUT2D eigenvalue weighted by molar-refractivity contribution is 5.16. The summed E-state index contributed by atoms with van der Waals surface area (Å²) < 4.78 is 5.09. The van der Waals surface area contributed by atoms with E-state index in [1.54, 1.807) is 7.11 Å². The SMILES string of the molecule is COc1cccc(CNCCc2ccccc2)n1. The number of methoxy groups -OCH3 is 1. The number of benzene rings is 1. The minimum absolute atomic E-state index is 0.664. The van der Waals surface area contributed by atoms with Gasteiger partial charge in [-0.3, -0.25) is 0 Å². The van der Waals surface area contributed by atoms with Crippen molar-refractivity contribution in [3.8, 4) is 5.88 Å². The third-order valence-electron chi connectivity index (χ3n) is 2.73. The molecule has 0 unspecified atom stereocenters. The Morgan fingerprint density at radius 3 is 2.67 bits per heavy atom. The molecular formula is C15H18N2O. The Hall–Kier alpha value is -1.87. The summed E-state index contributed by atoms with van der Waals surface area (Å²) >= 11 is 0. The normalized spacial score (nSPS) is 10.3. The Kier molecular flexibility index (Phi) is 4.73. The maximum absolute atomic E-state index is 5.09. The smallest absolute Gasteiger partial charge is 0.213 e. The average molecular weight is 242 g/mol. The molecule has 0 amide bonds. The molecule has 0 radical (unpaired) electrons. The van der Waals surface area contributed by atoms with Crippen LogP contribution in [0.2, 0.25) is 0 Å². The fourth-order valence-corrected chi connectivity index (χ4v) is 1.76. The van der Waals surface area contributed by atoms with Crippen LogP contribution in [0, 0.1) is 0 Å². The molecule has 0 aliphatic heterocycles. The van der Waals surface area contributed by atoms with Gasteiger partial charge in [-0.1, -0.05) is 36.4 Å². The summed E-state index contributed by atoms with van der Waals surface area (Å²) in [6.45, 7) is 1.72. The third-order valence-corrected chi connectivity index (χ3v) is 2.73. The molecule has 0 atom stereocenters. The molecule has 0 bridgehead atoms. The van der Waals surface area contributed by atoms with Crippen molar-refractivity contribution in [3.63, 3.8) is 0 Å². The van der Waals surface area contributed by atoms with Gasteiger partial charge in [-0.25, -0.2) is 4.98 Å². The molecule has 0 saturated carbocycles. The van der Waals surface area contributed by atoms with Gasteiger partial charge >= 0.3 is 0 Å². The van der Waals surface area contributed by atoms with E-state index in [1.165, 1.54) is 5.56 Å². The molecule has 2 rings (SSSR count). The zero-order valence-electron chi connectivity index (χ0n) is 10.6. The van der Waals surface area contributed by atoms with Crippen LogP contribution in [0.4, 0.5) is 0 Å². The molecule has 3 heteroatoms. The van der Waals surface area contributed by atoms with Gasteiger partial charge < -0.3 is 10.1 Å². The molecule has 0 aliphatic rings. The van der Waals surface area contributed by atoms with Crippen LogP contribution in [0.5, 0.6) is 5.88 Å². The van der Waals surface area contributed by atoms with E-state index < -0.39 is 0 Å². The van der Waals surface area contributed by atoms with Crippen LogP contribution in [0.1, 0.15) is 11.3 Å². The second-order valence-electron chi connectivity index (χ2n) is 4.08. The summed E-state index contributed by atoms with van der Waals surface area (Å²) in [5.41, 5.74) is 2.35. The second-order valence-corrected chi connectivity index (χ2v) is 4.08. The van der Waals surface area contributed by atoms with Crippen LogP contribution in [0.3, 0.4) is 0 Å². The monoisotopic (exact) mass is 242 g/mol. The molecule has 1 aromatic heterocycles.